The molecule has 0 saturated heterocycles. The van der Waals surface area contributed by atoms with Gasteiger partial charge in [0.05, 0.1) is 4.92 Å². The molecule has 0 N–H and O–H groups in total. The van der Waals surface area contributed by atoms with Crippen molar-refractivity contribution < 1.29 is 14.3 Å². The summed E-state index contributed by atoms with van der Waals surface area (Å²) in [5, 5.41) is 11.5. The van der Waals surface area contributed by atoms with Gasteiger partial charge in [-0.1, -0.05) is 25.5 Å². The summed E-state index contributed by atoms with van der Waals surface area (Å²) in [6.07, 6.45) is 5.61. The van der Waals surface area contributed by atoms with Crippen molar-refractivity contribution in [2.45, 2.75) is 39.7 Å². The fourth-order valence-electron chi connectivity index (χ4n) is 2.83. The van der Waals surface area contributed by atoms with E-state index in [0.717, 1.165) is 12.8 Å². The van der Waals surface area contributed by atoms with Gasteiger partial charge in [0.2, 0.25) is 11.8 Å². The smallest absolute Gasteiger partial charge is 0.273 e. The summed E-state index contributed by atoms with van der Waals surface area (Å²) in [4.78, 5) is 28.1. The van der Waals surface area contributed by atoms with Crippen LogP contribution in [-0.4, -0.2) is 22.3 Å². The van der Waals surface area contributed by atoms with Gasteiger partial charge in [-0.05, 0) is 30.9 Å². The van der Waals surface area contributed by atoms with E-state index in [0.29, 0.717) is 12.1 Å². The molecule has 0 bridgehead atoms. The Labute approximate surface area is 164 Å². The maximum atomic E-state index is 13.2. The van der Waals surface area contributed by atoms with Gasteiger partial charge in [-0.3, -0.25) is 14.9 Å². The first-order valence-corrected chi connectivity index (χ1v) is 9.30. The number of carbonyl (C=O) groups is 1. The molecule has 7 heteroatoms. The molecule has 1 atom stereocenters. The quantitative estimate of drug-likeness (QED) is 0.132. The van der Waals surface area contributed by atoms with E-state index in [1.165, 1.54) is 11.6 Å². The lowest BCUT2D eigenvalue weighted by Crippen LogP contribution is -2.47. The number of aliphatic imine (C=N–C) groups is 1. The molecule has 0 spiro atoms. The molecule has 1 aromatic heterocycles. The molecule has 0 aliphatic rings. The number of pyridine rings is 1. The number of nitro groups is 1. The van der Waals surface area contributed by atoms with E-state index < -0.39 is 11.0 Å². The molecule has 0 unspecified atom stereocenters. The van der Waals surface area contributed by atoms with Crippen LogP contribution in [0.1, 0.15) is 47.8 Å². The minimum absolute atomic E-state index is 0.0822. The van der Waals surface area contributed by atoms with Gasteiger partial charge in [0.1, 0.15) is 0 Å². The highest BCUT2D eigenvalue weighted by Crippen LogP contribution is 2.22. The Morgan fingerprint density at radius 3 is 2.48 bits per heavy atom. The van der Waals surface area contributed by atoms with Gasteiger partial charge in [0.25, 0.3) is 5.69 Å². The third-order valence-corrected chi connectivity index (χ3v) is 4.60. The lowest BCUT2D eigenvalue weighted by atomic mass is 10.0. The molecular weight excluding hydrogens is 362 g/mol. The summed E-state index contributed by atoms with van der Waals surface area (Å²) in [6, 6.07) is 7.59. The first kappa shape index (κ1) is 20.6. The molecule has 0 amide bonds. The molecule has 6 nitrogen and oxygen atoms in total. The molecule has 1 heterocycles. The number of aromatic nitrogens is 1. The molecular formula is C20H23N3O3S. The Hall–Kier alpha value is -2.67. The number of nitro benzene ring substituents is 1. The molecule has 0 fully saturated rings. The van der Waals surface area contributed by atoms with Crippen molar-refractivity contribution in [3.05, 3.63) is 69.5 Å². The van der Waals surface area contributed by atoms with Crippen molar-refractivity contribution in [1.82, 2.24) is 0 Å². The second-order valence-electron chi connectivity index (χ2n) is 6.24. The number of ketones is 1. The van der Waals surface area contributed by atoms with Gasteiger partial charge in [0, 0.05) is 35.9 Å². The van der Waals surface area contributed by atoms with Crippen LogP contribution < -0.4 is 4.57 Å². The van der Waals surface area contributed by atoms with Crippen molar-refractivity contribution in [3.63, 3.8) is 0 Å². The third-order valence-electron chi connectivity index (χ3n) is 4.24. The monoisotopic (exact) mass is 385 g/mol. The fourth-order valence-corrected chi connectivity index (χ4v) is 3.19. The standard InChI is InChI=1S/C20H23N3O3S/c1-4-6-15-9-11-22(12-10-15)18(20(27)21-5-2)19(24)16-8-7-14(3)17(13-16)23(25)26/h7-13,18H,4-6H2,1-3H3/t18-/m0/s1. The van der Waals surface area contributed by atoms with Crippen LogP contribution in [0.2, 0.25) is 0 Å². The summed E-state index contributed by atoms with van der Waals surface area (Å²) < 4.78 is 1.72. The topological polar surface area (TPSA) is 76.5 Å². The fraction of sp³-hybridized carbons (Fsp3) is 0.350. The zero-order valence-electron chi connectivity index (χ0n) is 15.7. The van der Waals surface area contributed by atoms with Gasteiger partial charge in [0.15, 0.2) is 12.4 Å². The number of hydrogen-bond donors (Lipinski definition) is 0. The predicted octanol–water partition coefficient (Wildman–Crippen LogP) is 3.53. The highest BCUT2D eigenvalue weighted by Gasteiger charge is 2.29. The maximum absolute atomic E-state index is 13.2. The molecule has 27 heavy (non-hydrogen) atoms. The Bertz CT molecular complexity index is 863. The Kier molecular flexibility index (Phi) is 7.12. The normalized spacial score (nSPS) is 12.6. The first-order valence-electron chi connectivity index (χ1n) is 8.89. The van der Waals surface area contributed by atoms with Crippen molar-refractivity contribution in [2.75, 3.05) is 6.54 Å². The van der Waals surface area contributed by atoms with E-state index in [1.807, 2.05) is 31.5 Å². The first-order chi connectivity index (χ1) is 12.9. The summed E-state index contributed by atoms with van der Waals surface area (Å²) in [7, 11) is 0. The summed E-state index contributed by atoms with van der Waals surface area (Å²) >= 11 is 5.38. The van der Waals surface area contributed by atoms with Crippen LogP contribution in [0.25, 0.3) is 0 Å². The average Bonchev–Trinajstić information content (AvgIpc) is 2.64. The van der Waals surface area contributed by atoms with Crippen LogP contribution in [-0.2, 0) is 19.0 Å². The van der Waals surface area contributed by atoms with Crippen LogP contribution in [0, 0.1) is 17.0 Å². The molecule has 142 valence electrons. The molecule has 0 radical (unpaired) electrons. The Morgan fingerprint density at radius 1 is 1.26 bits per heavy atom. The second-order valence-corrected chi connectivity index (χ2v) is 6.66. The van der Waals surface area contributed by atoms with E-state index in [9.17, 15) is 14.9 Å². The third kappa shape index (κ3) is 4.95. The van der Waals surface area contributed by atoms with Gasteiger partial charge >= 0.3 is 0 Å². The maximum Gasteiger partial charge on any atom is 0.273 e. The number of carbonyl (C=O) groups excluding carboxylic acids is 1. The van der Waals surface area contributed by atoms with Crippen LogP contribution in [0.4, 0.5) is 5.69 Å². The van der Waals surface area contributed by atoms with Gasteiger partial charge in [-0.15, -0.1) is 0 Å². The molecule has 0 aliphatic heterocycles. The molecule has 1 aromatic carbocycles. The predicted molar refractivity (Wildman–Crippen MR) is 107 cm³/mol. The van der Waals surface area contributed by atoms with E-state index in [2.05, 4.69) is 11.9 Å². The molecule has 2 aromatic rings. The van der Waals surface area contributed by atoms with E-state index in [1.54, 1.807) is 23.6 Å². The van der Waals surface area contributed by atoms with Crippen molar-refractivity contribution in [3.8, 4) is 0 Å². The van der Waals surface area contributed by atoms with Crippen molar-refractivity contribution >= 4 is 29.1 Å². The molecule has 0 aliphatic carbocycles. The van der Waals surface area contributed by atoms with Crippen LogP contribution >= 0.6 is 0 Å². The van der Waals surface area contributed by atoms with Gasteiger partial charge in [-0.25, -0.2) is 0 Å². The SMILES string of the molecule is CCCc1cc[n+]([C@@H](C(=O)c2ccc(C)c([N+](=O)[O-])c2)C([S-])=NCC)cc1. The lowest BCUT2D eigenvalue weighted by Gasteiger charge is -2.18. The number of hydrogen-bond acceptors (Lipinski definition) is 5. The highest BCUT2D eigenvalue weighted by molar-refractivity contribution is 7.77. The van der Waals surface area contributed by atoms with Crippen LogP contribution in [0.5, 0.6) is 0 Å². The zero-order valence-corrected chi connectivity index (χ0v) is 16.5. The van der Waals surface area contributed by atoms with Crippen molar-refractivity contribution in [1.29, 1.82) is 0 Å². The van der Waals surface area contributed by atoms with Gasteiger partial charge < -0.3 is 17.6 Å². The number of benzene rings is 1. The summed E-state index contributed by atoms with van der Waals surface area (Å²) in [5.74, 6) is -0.312. The van der Waals surface area contributed by atoms with Crippen molar-refractivity contribution in [2.24, 2.45) is 4.99 Å². The highest BCUT2D eigenvalue weighted by atomic mass is 32.1. The number of rotatable bonds is 8. The zero-order chi connectivity index (χ0) is 20.0. The lowest BCUT2D eigenvalue weighted by molar-refractivity contribution is -0.692. The van der Waals surface area contributed by atoms with E-state index >= 15 is 0 Å². The van der Waals surface area contributed by atoms with Crippen LogP contribution in [0.3, 0.4) is 0 Å². The summed E-state index contributed by atoms with van der Waals surface area (Å²) in [6.45, 7) is 6.06. The minimum Gasteiger partial charge on any atom is -0.758 e. The Balaban J connectivity index is 2.48. The summed E-state index contributed by atoms with van der Waals surface area (Å²) in [5.41, 5.74) is 1.84. The number of aryl methyl sites for hydroxylation is 2. The average molecular weight is 385 g/mol. The number of nitrogens with zero attached hydrogens (tertiary/aromatic N) is 3. The van der Waals surface area contributed by atoms with Crippen LogP contribution in [0.15, 0.2) is 47.7 Å². The van der Waals surface area contributed by atoms with Gasteiger partial charge in [-0.2, -0.15) is 4.57 Å². The van der Waals surface area contributed by atoms with E-state index in [-0.39, 0.29) is 22.1 Å². The molecule has 0 saturated carbocycles. The molecule has 2 rings (SSSR count). The Morgan fingerprint density at radius 2 is 1.93 bits per heavy atom. The largest absolute Gasteiger partial charge is 0.758 e. The van der Waals surface area contributed by atoms with E-state index in [4.69, 9.17) is 12.6 Å². The number of Topliss-reactive ketones (excluding diaryl/α,β-unsaturated/α-hetero) is 1. The second kappa shape index (κ2) is 9.32. The minimum atomic E-state index is -0.807.